The number of rotatable bonds is 2. The van der Waals surface area contributed by atoms with Crippen molar-refractivity contribution in [3.05, 3.63) is 29.8 Å². The Balaban J connectivity index is 2.14. The van der Waals surface area contributed by atoms with E-state index in [1.54, 1.807) is 0 Å². The zero-order chi connectivity index (χ0) is 13.1. The van der Waals surface area contributed by atoms with Gasteiger partial charge in [-0.1, -0.05) is 12.1 Å². The number of nitrogens with two attached hydrogens (primary N) is 1. The molecule has 3 heteroatoms. The fourth-order valence-corrected chi connectivity index (χ4v) is 2.73. The summed E-state index contributed by atoms with van der Waals surface area (Å²) in [6.45, 7) is 7.80. The lowest BCUT2D eigenvalue weighted by molar-refractivity contribution is 0.337. The highest BCUT2D eigenvalue weighted by Gasteiger charge is 2.19. The maximum absolute atomic E-state index is 5.89. The van der Waals surface area contributed by atoms with Gasteiger partial charge in [-0.25, -0.2) is 0 Å². The number of hydrogen-bond acceptors (Lipinski definition) is 3. The van der Waals surface area contributed by atoms with Crippen LogP contribution in [-0.4, -0.2) is 37.6 Å². The lowest BCUT2D eigenvalue weighted by atomic mass is 10.1. The van der Waals surface area contributed by atoms with Gasteiger partial charge in [0.2, 0.25) is 0 Å². The van der Waals surface area contributed by atoms with Crippen LogP contribution in [0.5, 0.6) is 0 Å². The normalized spacial score (nSPS) is 23.8. The van der Waals surface area contributed by atoms with Gasteiger partial charge in [0.1, 0.15) is 0 Å². The van der Waals surface area contributed by atoms with E-state index in [1.165, 1.54) is 24.2 Å². The minimum Gasteiger partial charge on any atom is -0.367 e. The molecule has 1 heterocycles. The molecule has 1 saturated heterocycles. The van der Waals surface area contributed by atoms with Crippen LogP contribution in [0.1, 0.15) is 31.9 Å². The Hall–Kier alpha value is -1.06. The molecule has 0 amide bonds. The Labute approximate surface area is 111 Å². The van der Waals surface area contributed by atoms with Gasteiger partial charge in [0.15, 0.2) is 0 Å². The van der Waals surface area contributed by atoms with Crippen molar-refractivity contribution in [3.63, 3.8) is 0 Å². The molecule has 1 aliphatic heterocycles. The van der Waals surface area contributed by atoms with E-state index in [1.807, 2.05) is 6.92 Å². The SMILES string of the molecule is CC1CN(C)CCCN1c1ccc([C@@H](C)N)cc1. The van der Waals surface area contributed by atoms with Crippen LogP contribution in [-0.2, 0) is 0 Å². The summed E-state index contributed by atoms with van der Waals surface area (Å²) in [5.41, 5.74) is 8.42. The standard InChI is InChI=1S/C15H25N3/c1-12-11-17(3)9-4-10-18(12)15-7-5-14(6-8-15)13(2)16/h5-8,12-13H,4,9-11,16H2,1-3H3/t12?,13-/m1/s1. The summed E-state index contributed by atoms with van der Waals surface area (Å²) >= 11 is 0. The summed E-state index contributed by atoms with van der Waals surface area (Å²) < 4.78 is 0. The van der Waals surface area contributed by atoms with Crippen LogP contribution in [0.4, 0.5) is 5.69 Å². The van der Waals surface area contributed by atoms with E-state index in [-0.39, 0.29) is 6.04 Å². The van der Waals surface area contributed by atoms with Crippen molar-refractivity contribution in [2.24, 2.45) is 5.73 Å². The van der Waals surface area contributed by atoms with Gasteiger partial charge in [0.25, 0.3) is 0 Å². The molecule has 18 heavy (non-hydrogen) atoms. The Kier molecular flexibility index (Phi) is 4.25. The van der Waals surface area contributed by atoms with Crippen LogP contribution in [0, 0.1) is 0 Å². The lowest BCUT2D eigenvalue weighted by Crippen LogP contribution is -2.37. The van der Waals surface area contributed by atoms with Crippen LogP contribution in [0.25, 0.3) is 0 Å². The van der Waals surface area contributed by atoms with E-state index in [4.69, 9.17) is 5.73 Å². The van der Waals surface area contributed by atoms with Crippen molar-refractivity contribution in [1.29, 1.82) is 0 Å². The molecule has 1 aliphatic rings. The highest BCUT2D eigenvalue weighted by molar-refractivity contribution is 5.49. The van der Waals surface area contributed by atoms with Gasteiger partial charge < -0.3 is 15.5 Å². The number of anilines is 1. The lowest BCUT2D eigenvalue weighted by Gasteiger charge is -2.30. The van der Waals surface area contributed by atoms with Crippen molar-refractivity contribution in [1.82, 2.24) is 4.90 Å². The van der Waals surface area contributed by atoms with Crippen molar-refractivity contribution < 1.29 is 0 Å². The van der Waals surface area contributed by atoms with Gasteiger partial charge >= 0.3 is 0 Å². The average Bonchev–Trinajstić information content (AvgIpc) is 2.50. The predicted octanol–water partition coefficient (Wildman–Crippen LogP) is 2.24. The van der Waals surface area contributed by atoms with Crippen molar-refractivity contribution in [2.45, 2.75) is 32.4 Å². The van der Waals surface area contributed by atoms with Gasteiger partial charge in [-0.2, -0.15) is 0 Å². The third-order valence-corrected chi connectivity index (χ3v) is 3.80. The van der Waals surface area contributed by atoms with Crippen molar-refractivity contribution >= 4 is 5.69 Å². The molecule has 1 unspecified atom stereocenters. The molecule has 3 nitrogen and oxygen atoms in total. The monoisotopic (exact) mass is 247 g/mol. The maximum atomic E-state index is 5.89. The average molecular weight is 247 g/mol. The highest BCUT2D eigenvalue weighted by Crippen LogP contribution is 2.22. The second kappa shape index (κ2) is 5.72. The number of benzene rings is 1. The molecule has 2 N–H and O–H groups in total. The molecular formula is C15H25N3. The molecular weight excluding hydrogens is 222 g/mol. The first-order chi connectivity index (χ1) is 8.58. The van der Waals surface area contributed by atoms with Gasteiger partial charge in [0.05, 0.1) is 0 Å². The first-order valence-corrected chi connectivity index (χ1v) is 6.88. The minimum absolute atomic E-state index is 0.117. The largest absolute Gasteiger partial charge is 0.367 e. The molecule has 0 saturated carbocycles. The second-order valence-corrected chi connectivity index (χ2v) is 5.54. The number of nitrogens with zero attached hydrogens (tertiary/aromatic N) is 2. The number of hydrogen-bond donors (Lipinski definition) is 1. The smallest absolute Gasteiger partial charge is 0.0388 e. The summed E-state index contributed by atoms with van der Waals surface area (Å²) in [5.74, 6) is 0. The maximum Gasteiger partial charge on any atom is 0.0388 e. The molecule has 1 aromatic rings. The molecule has 1 aromatic carbocycles. The molecule has 2 rings (SSSR count). The Bertz CT molecular complexity index is 372. The van der Waals surface area contributed by atoms with E-state index in [0.717, 1.165) is 13.1 Å². The van der Waals surface area contributed by atoms with Gasteiger partial charge in [-0.15, -0.1) is 0 Å². The van der Waals surface area contributed by atoms with Crippen LogP contribution in [0.15, 0.2) is 24.3 Å². The first kappa shape index (κ1) is 13.4. The first-order valence-electron chi connectivity index (χ1n) is 6.88. The number of likely N-dealkylation sites (N-methyl/N-ethyl adjacent to an activating group) is 1. The summed E-state index contributed by atoms with van der Waals surface area (Å²) in [4.78, 5) is 4.93. The van der Waals surface area contributed by atoms with E-state index in [2.05, 4.69) is 48.0 Å². The van der Waals surface area contributed by atoms with Gasteiger partial charge in [-0.3, -0.25) is 0 Å². The predicted molar refractivity (Wildman–Crippen MR) is 78.0 cm³/mol. The summed E-state index contributed by atoms with van der Waals surface area (Å²) in [5, 5.41) is 0. The Morgan fingerprint density at radius 1 is 1.22 bits per heavy atom. The van der Waals surface area contributed by atoms with Gasteiger partial charge in [0, 0.05) is 30.9 Å². The van der Waals surface area contributed by atoms with Crippen molar-refractivity contribution in [3.8, 4) is 0 Å². The van der Waals surface area contributed by atoms with Crippen LogP contribution in [0.3, 0.4) is 0 Å². The third kappa shape index (κ3) is 3.03. The quantitative estimate of drug-likeness (QED) is 0.870. The topological polar surface area (TPSA) is 32.5 Å². The Morgan fingerprint density at radius 3 is 2.50 bits per heavy atom. The van der Waals surface area contributed by atoms with Crippen molar-refractivity contribution in [2.75, 3.05) is 31.6 Å². The molecule has 0 aliphatic carbocycles. The van der Waals surface area contributed by atoms with Crippen LogP contribution in [0.2, 0.25) is 0 Å². The minimum atomic E-state index is 0.117. The Morgan fingerprint density at radius 2 is 1.89 bits per heavy atom. The fourth-order valence-electron chi connectivity index (χ4n) is 2.73. The summed E-state index contributed by atoms with van der Waals surface area (Å²) in [7, 11) is 2.21. The zero-order valence-electron chi connectivity index (χ0n) is 11.8. The molecule has 100 valence electrons. The summed E-state index contributed by atoms with van der Waals surface area (Å²) in [6, 6.07) is 9.41. The van der Waals surface area contributed by atoms with E-state index >= 15 is 0 Å². The van der Waals surface area contributed by atoms with Gasteiger partial charge in [-0.05, 0) is 51.6 Å². The van der Waals surface area contributed by atoms with Crippen LogP contribution < -0.4 is 10.6 Å². The molecule has 0 spiro atoms. The summed E-state index contributed by atoms with van der Waals surface area (Å²) in [6.07, 6.45) is 1.23. The second-order valence-electron chi connectivity index (χ2n) is 5.54. The molecule has 0 bridgehead atoms. The van der Waals surface area contributed by atoms with E-state index < -0.39 is 0 Å². The third-order valence-electron chi connectivity index (χ3n) is 3.80. The van der Waals surface area contributed by atoms with E-state index in [9.17, 15) is 0 Å². The zero-order valence-corrected chi connectivity index (χ0v) is 11.8. The van der Waals surface area contributed by atoms with Crippen LogP contribution >= 0.6 is 0 Å². The molecule has 0 radical (unpaired) electrons. The fraction of sp³-hybridized carbons (Fsp3) is 0.600. The molecule has 0 aromatic heterocycles. The van der Waals surface area contributed by atoms with E-state index in [0.29, 0.717) is 6.04 Å². The molecule has 1 fully saturated rings. The highest BCUT2D eigenvalue weighted by atomic mass is 15.2. The molecule has 2 atom stereocenters.